The van der Waals surface area contributed by atoms with Crippen molar-refractivity contribution in [3.05, 3.63) is 35.9 Å². The van der Waals surface area contributed by atoms with Crippen LogP contribution >= 0.6 is 0 Å². The Kier molecular flexibility index (Phi) is 4.91. The molecule has 0 spiro atoms. The van der Waals surface area contributed by atoms with Gasteiger partial charge in [-0.05, 0) is 111 Å². The molecule has 160 valence electrons. The van der Waals surface area contributed by atoms with Crippen LogP contribution in [-0.2, 0) is 6.42 Å². The van der Waals surface area contributed by atoms with Gasteiger partial charge in [-0.25, -0.2) is 0 Å². The predicted octanol–water partition coefficient (Wildman–Crippen LogP) is 5.75. The van der Waals surface area contributed by atoms with Crippen molar-refractivity contribution in [2.45, 2.75) is 96.2 Å². The van der Waals surface area contributed by atoms with E-state index in [1.54, 1.807) is 0 Å². The van der Waals surface area contributed by atoms with E-state index in [2.05, 4.69) is 44.2 Å². The molecule has 4 saturated carbocycles. The van der Waals surface area contributed by atoms with Gasteiger partial charge in [0.05, 0.1) is 11.7 Å². The van der Waals surface area contributed by atoms with Crippen molar-refractivity contribution in [2.75, 3.05) is 0 Å². The first kappa shape index (κ1) is 20.1. The van der Waals surface area contributed by atoms with Crippen molar-refractivity contribution in [1.29, 1.82) is 0 Å². The Balaban J connectivity index is 1.35. The van der Waals surface area contributed by atoms with Crippen LogP contribution in [0.2, 0.25) is 0 Å². The second-order valence-corrected chi connectivity index (χ2v) is 11.6. The molecule has 8 atom stereocenters. The van der Waals surface area contributed by atoms with Crippen molar-refractivity contribution >= 4 is 0 Å². The molecular formula is C27H40O2. The topological polar surface area (TPSA) is 40.5 Å². The van der Waals surface area contributed by atoms with E-state index in [9.17, 15) is 10.2 Å². The van der Waals surface area contributed by atoms with Crippen LogP contribution in [0.25, 0.3) is 0 Å². The van der Waals surface area contributed by atoms with Gasteiger partial charge >= 0.3 is 0 Å². The molecule has 1 aromatic rings. The zero-order chi connectivity index (χ0) is 20.3. The molecule has 0 aromatic heterocycles. The first-order valence-corrected chi connectivity index (χ1v) is 12.3. The summed E-state index contributed by atoms with van der Waals surface area (Å²) in [4.78, 5) is 0. The fraction of sp³-hybridized carbons (Fsp3) is 0.778. The highest BCUT2D eigenvalue weighted by Gasteiger charge is 2.64. The Morgan fingerprint density at radius 3 is 2.45 bits per heavy atom. The van der Waals surface area contributed by atoms with Crippen LogP contribution in [0.15, 0.2) is 30.3 Å². The van der Waals surface area contributed by atoms with Gasteiger partial charge in [-0.15, -0.1) is 0 Å². The summed E-state index contributed by atoms with van der Waals surface area (Å²) >= 11 is 0. The third kappa shape index (κ3) is 3.04. The molecular weight excluding hydrogens is 356 g/mol. The maximum atomic E-state index is 11.9. The molecule has 1 aromatic carbocycles. The molecule has 0 amide bonds. The highest BCUT2D eigenvalue weighted by molar-refractivity contribution is 5.18. The summed E-state index contributed by atoms with van der Waals surface area (Å²) in [6.07, 6.45) is 12.4. The summed E-state index contributed by atoms with van der Waals surface area (Å²) in [6.45, 7) is 4.99. The summed E-state index contributed by atoms with van der Waals surface area (Å²) in [7, 11) is 0. The number of rotatable bonds is 3. The Morgan fingerprint density at radius 2 is 1.66 bits per heavy atom. The lowest BCUT2D eigenvalue weighted by atomic mass is 9.44. The lowest BCUT2D eigenvalue weighted by Crippen LogP contribution is -2.56. The molecule has 0 bridgehead atoms. The van der Waals surface area contributed by atoms with E-state index in [0.29, 0.717) is 11.3 Å². The van der Waals surface area contributed by atoms with E-state index >= 15 is 0 Å². The highest BCUT2D eigenvalue weighted by Crippen LogP contribution is 2.68. The number of aliphatic hydroxyl groups is 2. The fourth-order valence-electron chi connectivity index (χ4n) is 8.75. The van der Waals surface area contributed by atoms with Gasteiger partial charge in [-0.3, -0.25) is 0 Å². The average molecular weight is 397 g/mol. The first-order valence-electron chi connectivity index (χ1n) is 12.3. The molecule has 0 saturated heterocycles. The molecule has 29 heavy (non-hydrogen) atoms. The Bertz CT molecular complexity index is 731. The van der Waals surface area contributed by atoms with Gasteiger partial charge in [-0.2, -0.15) is 0 Å². The molecule has 2 N–H and O–H groups in total. The quantitative estimate of drug-likeness (QED) is 0.682. The van der Waals surface area contributed by atoms with Gasteiger partial charge in [0, 0.05) is 0 Å². The minimum atomic E-state index is -0.501. The van der Waals surface area contributed by atoms with Crippen LogP contribution in [0.3, 0.4) is 0 Å². The van der Waals surface area contributed by atoms with Crippen LogP contribution in [0.5, 0.6) is 0 Å². The minimum absolute atomic E-state index is 0.0620. The second kappa shape index (κ2) is 7.09. The molecule has 0 aliphatic heterocycles. The lowest BCUT2D eigenvalue weighted by molar-refractivity contribution is -0.160. The van der Waals surface area contributed by atoms with Gasteiger partial charge in [0.1, 0.15) is 0 Å². The number of fused-ring (bicyclic) bond motifs is 5. The Hall–Kier alpha value is -0.860. The number of benzene rings is 1. The van der Waals surface area contributed by atoms with Crippen LogP contribution in [-0.4, -0.2) is 21.9 Å². The van der Waals surface area contributed by atoms with Gasteiger partial charge in [0.15, 0.2) is 0 Å². The summed E-state index contributed by atoms with van der Waals surface area (Å²) in [5, 5.41) is 22.1. The zero-order valence-corrected chi connectivity index (χ0v) is 18.4. The predicted molar refractivity (Wildman–Crippen MR) is 117 cm³/mol. The number of aryl methyl sites for hydroxylation is 1. The maximum Gasteiger partial charge on any atom is 0.0707 e. The number of hydrogen-bond donors (Lipinski definition) is 2. The first-order chi connectivity index (χ1) is 13.9. The Labute approximate surface area is 177 Å². The summed E-state index contributed by atoms with van der Waals surface area (Å²) in [6, 6.07) is 10.7. The van der Waals surface area contributed by atoms with Gasteiger partial charge < -0.3 is 10.2 Å². The van der Waals surface area contributed by atoms with Crippen molar-refractivity contribution in [1.82, 2.24) is 0 Å². The van der Waals surface area contributed by atoms with Crippen molar-refractivity contribution in [2.24, 2.45) is 34.5 Å². The van der Waals surface area contributed by atoms with E-state index < -0.39 is 5.60 Å². The van der Waals surface area contributed by atoms with Crippen LogP contribution in [0, 0.1) is 34.5 Å². The van der Waals surface area contributed by atoms with Gasteiger partial charge in [0.2, 0.25) is 0 Å². The van der Waals surface area contributed by atoms with Crippen LogP contribution in [0.1, 0.15) is 83.6 Å². The molecule has 4 fully saturated rings. The van der Waals surface area contributed by atoms with Crippen molar-refractivity contribution in [3.63, 3.8) is 0 Å². The third-order valence-electron chi connectivity index (χ3n) is 10.6. The molecule has 4 aliphatic carbocycles. The van der Waals surface area contributed by atoms with Crippen LogP contribution in [0.4, 0.5) is 0 Å². The summed E-state index contributed by atoms with van der Waals surface area (Å²) in [5.74, 6) is 3.00. The normalized spacial score (nSPS) is 49.2. The summed E-state index contributed by atoms with van der Waals surface area (Å²) in [5.41, 5.74) is 1.36. The highest BCUT2D eigenvalue weighted by atomic mass is 16.3. The number of hydrogen-bond acceptors (Lipinski definition) is 2. The molecule has 0 unspecified atom stereocenters. The van der Waals surface area contributed by atoms with E-state index in [-0.39, 0.29) is 11.5 Å². The largest absolute Gasteiger partial charge is 0.393 e. The minimum Gasteiger partial charge on any atom is -0.393 e. The molecule has 0 heterocycles. The third-order valence-corrected chi connectivity index (χ3v) is 10.6. The monoisotopic (exact) mass is 396 g/mol. The molecule has 4 aliphatic rings. The van der Waals surface area contributed by atoms with E-state index in [0.717, 1.165) is 49.9 Å². The second-order valence-electron chi connectivity index (χ2n) is 11.6. The van der Waals surface area contributed by atoms with Crippen molar-refractivity contribution < 1.29 is 10.2 Å². The van der Waals surface area contributed by atoms with E-state index in [1.807, 2.05) is 0 Å². The summed E-state index contributed by atoms with van der Waals surface area (Å²) < 4.78 is 0. The molecule has 0 radical (unpaired) electrons. The standard InChI is InChI=1S/C27H40O2/c1-25-14-11-21(28)18-20(25)8-9-22-23(25)12-15-26(2)24(22)13-17-27(26,29)16-10-19-6-4-3-5-7-19/h3-7,20-24,28-29H,8-18H2,1-2H3/t20-,21-,22-,23-,24+,25+,26-,27+/m0/s1. The average Bonchev–Trinajstić information content (AvgIpc) is 2.99. The van der Waals surface area contributed by atoms with Crippen LogP contribution < -0.4 is 0 Å². The van der Waals surface area contributed by atoms with Gasteiger partial charge in [0.25, 0.3) is 0 Å². The smallest absolute Gasteiger partial charge is 0.0707 e. The van der Waals surface area contributed by atoms with Crippen molar-refractivity contribution in [3.8, 4) is 0 Å². The fourth-order valence-corrected chi connectivity index (χ4v) is 8.75. The maximum absolute atomic E-state index is 11.9. The molecule has 2 nitrogen and oxygen atoms in total. The SMILES string of the molecule is C[C@@]12CC[C@H](O)C[C@@H]1CC[C@@H]1[C@H]3CC[C@](O)(CCc4ccccc4)[C@@]3(C)CC[C@@H]12. The molecule has 5 rings (SSSR count). The van der Waals surface area contributed by atoms with E-state index in [1.165, 1.54) is 44.1 Å². The number of aliphatic hydroxyl groups excluding tert-OH is 1. The molecule has 2 heteroatoms. The van der Waals surface area contributed by atoms with Gasteiger partial charge in [-0.1, -0.05) is 44.2 Å². The van der Waals surface area contributed by atoms with E-state index in [4.69, 9.17) is 0 Å². The zero-order valence-electron chi connectivity index (χ0n) is 18.4. The lowest BCUT2D eigenvalue weighted by Gasteiger charge is -2.61. The Morgan fingerprint density at radius 1 is 0.897 bits per heavy atom.